The third-order valence-electron chi connectivity index (χ3n) is 4.71. The van der Waals surface area contributed by atoms with E-state index in [-0.39, 0.29) is 5.92 Å². The van der Waals surface area contributed by atoms with E-state index in [0.29, 0.717) is 11.5 Å². The predicted octanol–water partition coefficient (Wildman–Crippen LogP) is 4.93. The van der Waals surface area contributed by atoms with Crippen LogP contribution in [0.2, 0.25) is 0 Å². The number of hydrogen-bond acceptors (Lipinski definition) is 2. The van der Waals surface area contributed by atoms with Gasteiger partial charge in [0.2, 0.25) is 0 Å². The van der Waals surface area contributed by atoms with Crippen molar-refractivity contribution in [3.8, 4) is 11.1 Å². The van der Waals surface area contributed by atoms with E-state index in [0.717, 1.165) is 49.8 Å². The minimum Gasteiger partial charge on any atom is -0.302 e. The fraction of sp³-hybridized carbons (Fsp3) is 0.526. The van der Waals surface area contributed by atoms with Crippen molar-refractivity contribution in [2.75, 3.05) is 19.6 Å². The summed E-state index contributed by atoms with van der Waals surface area (Å²) >= 11 is 0. The first-order valence-corrected chi connectivity index (χ1v) is 8.78. The Morgan fingerprint density at radius 3 is 2.84 bits per heavy atom. The first kappa shape index (κ1) is 18.0. The number of aromatic amines is 1. The molecule has 25 heavy (non-hydrogen) atoms. The molecule has 1 aromatic carbocycles. The minimum atomic E-state index is -4.33. The Labute approximate surface area is 146 Å². The molecular weight excluding hydrogens is 327 g/mol. The molecule has 1 fully saturated rings. The van der Waals surface area contributed by atoms with E-state index in [2.05, 4.69) is 28.9 Å². The van der Waals surface area contributed by atoms with Gasteiger partial charge in [0.15, 0.2) is 0 Å². The maximum atomic E-state index is 13.0. The molecule has 1 atom stereocenters. The average Bonchev–Trinajstić information content (AvgIpc) is 3.03. The van der Waals surface area contributed by atoms with E-state index < -0.39 is 11.7 Å². The third kappa shape index (κ3) is 4.24. The molecule has 1 aliphatic heterocycles. The molecule has 2 heterocycles. The molecule has 0 aliphatic carbocycles. The SMILES string of the molecule is CC(C)CN1CCC[C@H](c2[nH]ncc2-c2cccc(C(F)(F)F)c2)C1. The summed E-state index contributed by atoms with van der Waals surface area (Å²) in [7, 11) is 0. The fourth-order valence-corrected chi connectivity index (χ4v) is 3.67. The van der Waals surface area contributed by atoms with Crippen molar-refractivity contribution in [3.05, 3.63) is 41.7 Å². The van der Waals surface area contributed by atoms with Crippen LogP contribution in [0.15, 0.2) is 30.5 Å². The van der Waals surface area contributed by atoms with Crippen molar-refractivity contribution in [3.63, 3.8) is 0 Å². The summed E-state index contributed by atoms with van der Waals surface area (Å²) in [6, 6.07) is 5.50. The first-order chi connectivity index (χ1) is 11.8. The zero-order valence-electron chi connectivity index (χ0n) is 14.6. The standard InChI is InChI=1S/C19H24F3N3/c1-13(2)11-25-8-4-6-15(12-25)18-17(10-23-24-18)14-5-3-7-16(9-14)19(20,21)22/h3,5,7,9-10,13,15H,4,6,8,11-12H2,1-2H3,(H,23,24)/t15-/m0/s1. The monoisotopic (exact) mass is 351 g/mol. The summed E-state index contributed by atoms with van der Waals surface area (Å²) in [6.45, 7) is 7.46. The van der Waals surface area contributed by atoms with Crippen molar-refractivity contribution < 1.29 is 13.2 Å². The number of hydrogen-bond donors (Lipinski definition) is 1. The number of piperidine rings is 1. The van der Waals surface area contributed by atoms with Crippen LogP contribution in [-0.4, -0.2) is 34.7 Å². The lowest BCUT2D eigenvalue weighted by Gasteiger charge is -2.33. The molecule has 2 aromatic rings. The first-order valence-electron chi connectivity index (χ1n) is 8.78. The molecule has 1 aromatic heterocycles. The normalized spacial score (nSPS) is 19.5. The molecule has 0 bridgehead atoms. The third-order valence-corrected chi connectivity index (χ3v) is 4.71. The largest absolute Gasteiger partial charge is 0.416 e. The smallest absolute Gasteiger partial charge is 0.302 e. The minimum absolute atomic E-state index is 0.277. The average molecular weight is 351 g/mol. The number of halogens is 3. The topological polar surface area (TPSA) is 31.9 Å². The van der Waals surface area contributed by atoms with Gasteiger partial charge in [-0.05, 0) is 43.0 Å². The van der Waals surface area contributed by atoms with Gasteiger partial charge in [-0.15, -0.1) is 0 Å². The molecule has 3 nitrogen and oxygen atoms in total. The molecule has 0 radical (unpaired) electrons. The van der Waals surface area contributed by atoms with E-state index in [1.807, 2.05) is 0 Å². The quantitative estimate of drug-likeness (QED) is 0.847. The van der Waals surface area contributed by atoms with Crippen LogP contribution >= 0.6 is 0 Å². The molecule has 1 saturated heterocycles. The van der Waals surface area contributed by atoms with Crippen LogP contribution in [-0.2, 0) is 6.18 Å². The molecule has 136 valence electrons. The predicted molar refractivity (Wildman–Crippen MR) is 92.3 cm³/mol. The zero-order chi connectivity index (χ0) is 18.0. The number of benzene rings is 1. The maximum Gasteiger partial charge on any atom is 0.416 e. The van der Waals surface area contributed by atoms with Crippen LogP contribution in [0.3, 0.4) is 0 Å². The van der Waals surface area contributed by atoms with Gasteiger partial charge in [-0.3, -0.25) is 5.10 Å². The molecule has 0 unspecified atom stereocenters. The molecule has 0 spiro atoms. The van der Waals surface area contributed by atoms with Crippen LogP contribution in [0, 0.1) is 5.92 Å². The fourth-order valence-electron chi connectivity index (χ4n) is 3.67. The van der Waals surface area contributed by atoms with E-state index >= 15 is 0 Å². The summed E-state index contributed by atoms with van der Waals surface area (Å²) in [5.41, 5.74) is 1.68. The van der Waals surface area contributed by atoms with Crippen molar-refractivity contribution in [1.29, 1.82) is 0 Å². The highest BCUT2D eigenvalue weighted by atomic mass is 19.4. The zero-order valence-corrected chi connectivity index (χ0v) is 14.6. The summed E-state index contributed by atoms with van der Waals surface area (Å²) in [6.07, 6.45) is -0.563. The molecule has 0 amide bonds. The Morgan fingerprint density at radius 1 is 1.32 bits per heavy atom. The maximum absolute atomic E-state index is 13.0. The lowest BCUT2D eigenvalue weighted by molar-refractivity contribution is -0.137. The highest BCUT2D eigenvalue weighted by Gasteiger charge is 2.31. The summed E-state index contributed by atoms with van der Waals surface area (Å²) in [5.74, 6) is 0.878. The molecule has 6 heteroatoms. The van der Waals surface area contributed by atoms with Crippen molar-refractivity contribution >= 4 is 0 Å². The second-order valence-electron chi connectivity index (χ2n) is 7.27. The number of rotatable bonds is 4. The van der Waals surface area contributed by atoms with Gasteiger partial charge in [-0.1, -0.05) is 26.0 Å². The van der Waals surface area contributed by atoms with Crippen LogP contribution < -0.4 is 0 Å². The number of likely N-dealkylation sites (tertiary alicyclic amines) is 1. The summed E-state index contributed by atoms with van der Waals surface area (Å²) in [5, 5.41) is 7.17. The van der Waals surface area contributed by atoms with Gasteiger partial charge in [0, 0.05) is 30.3 Å². The van der Waals surface area contributed by atoms with E-state index in [9.17, 15) is 13.2 Å². The van der Waals surface area contributed by atoms with E-state index in [1.54, 1.807) is 12.3 Å². The number of alkyl halides is 3. The summed E-state index contributed by atoms with van der Waals surface area (Å²) < 4.78 is 39.0. The van der Waals surface area contributed by atoms with Crippen LogP contribution in [0.4, 0.5) is 13.2 Å². The van der Waals surface area contributed by atoms with Crippen molar-refractivity contribution in [2.24, 2.45) is 5.92 Å². The highest BCUT2D eigenvalue weighted by Crippen LogP contribution is 2.36. The molecule has 1 N–H and O–H groups in total. The van der Waals surface area contributed by atoms with Gasteiger partial charge in [-0.2, -0.15) is 18.3 Å². The molecule has 1 aliphatic rings. The number of nitrogens with zero attached hydrogens (tertiary/aromatic N) is 2. The van der Waals surface area contributed by atoms with Gasteiger partial charge in [0.05, 0.1) is 11.8 Å². The number of nitrogens with one attached hydrogen (secondary N) is 1. The number of aromatic nitrogens is 2. The van der Waals surface area contributed by atoms with Crippen LogP contribution in [0.5, 0.6) is 0 Å². The van der Waals surface area contributed by atoms with Crippen molar-refractivity contribution in [1.82, 2.24) is 15.1 Å². The molecular formula is C19H24F3N3. The lowest BCUT2D eigenvalue weighted by atomic mass is 9.90. The molecule has 0 saturated carbocycles. The van der Waals surface area contributed by atoms with Gasteiger partial charge in [-0.25, -0.2) is 0 Å². The Kier molecular flexibility index (Phi) is 5.18. The van der Waals surface area contributed by atoms with Crippen LogP contribution in [0.1, 0.15) is 43.9 Å². The molecule has 3 rings (SSSR count). The van der Waals surface area contributed by atoms with E-state index in [1.165, 1.54) is 12.1 Å². The van der Waals surface area contributed by atoms with Crippen LogP contribution in [0.25, 0.3) is 11.1 Å². The Balaban J connectivity index is 1.86. The highest BCUT2D eigenvalue weighted by molar-refractivity contribution is 5.66. The second-order valence-corrected chi connectivity index (χ2v) is 7.27. The Hall–Kier alpha value is -1.82. The van der Waals surface area contributed by atoms with Gasteiger partial charge in [0.25, 0.3) is 0 Å². The van der Waals surface area contributed by atoms with Gasteiger partial charge < -0.3 is 4.90 Å². The lowest BCUT2D eigenvalue weighted by Crippen LogP contribution is -2.37. The van der Waals surface area contributed by atoms with E-state index in [4.69, 9.17) is 0 Å². The second kappa shape index (κ2) is 7.20. The van der Waals surface area contributed by atoms with Gasteiger partial charge >= 0.3 is 6.18 Å². The Bertz CT molecular complexity index is 706. The summed E-state index contributed by atoms with van der Waals surface area (Å²) in [4.78, 5) is 2.44. The van der Waals surface area contributed by atoms with Crippen molar-refractivity contribution in [2.45, 2.75) is 38.8 Å². The number of H-pyrrole nitrogens is 1. The Morgan fingerprint density at radius 2 is 2.12 bits per heavy atom. The van der Waals surface area contributed by atoms with Gasteiger partial charge in [0.1, 0.15) is 0 Å².